The van der Waals surface area contributed by atoms with Gasteiger partial charge in [0.25, 0.3) is 5.69 Å². The Morgan fingerprint density at radius 1 is 1.23 bits per heavy atom. The summed E-state index contributed by atoms with van der Waals surface area (Å²) in [6, 6.07) is 9.97. The van der Waals surface area contributed by atoms with E-state index >= 15 is 0 Å². The molecule has 158 valence electrons. The predicted octanol–water partition coefficient (Wildman–Crippen LogP) is 4.19. The fourth-order valence-corrected chi connectivity index (χ4v) is 4.48. The van der Waals surface area contributed by atoms with Crippen LogP contribution in [0, 0.1) is 16.0 Å². The second kappa shape index (κ2) is 10.1. The number of rotatable bonds is 6. The lowest BCUT2D eigenvalue weighted by atomic mass is 9.96. The maximum atomic E-state index is 12.4. The number of hydrazone groups is 1. The number of phenols is 1. The minimum absolute atomic E-state index is 0.0849. The lowest BCUT2D eigenvalue weighted by molar-refractivity contribution is -0.384. The molecule has 30 heavy (non-hydrogen) atoms. The number of likely N-dealkylation sites (tertiary alicyclic amines) is 1. The van der Waals surface area contributed by atoms with E-state index in [2.05, 4.69) is 47.3 Å². The Morgan fingerprint density at radius 3 is 2.40 bits per heavy atom. The average Bonchev–Trinajstić information content (AvgIpc) is 2.73. The summed E-state index contributed by atoms with van der Waals surface area (Å²) in [6.45, 7) is 2.25. The van der Waals surface area contributed by atoms with Crippen LogP contribution in [0.5, 0.6) is 5.75 Å². The quantitative estimate of drug-likeness (QED) is 0.325. The number of nitro benzene ring substituents is 1. The van der Waals surface area contributed by atoms with Crippen molar-refractivity contribution in [1.82, 2.24) is 10.3 Å². The maximum Gasteiger partial charge on any atom is 0.269 e. The molecule has 2 aromatic carbocycles. The molecular formula is C20H20Br2N4O4. The van der Waals surface area contributed by atoms with Gasteiger partial charge in [-0.1, -0.05) is 12.1 Å². The van der Waals surface area contributed by atoms with Crippen LogP contribution in [0.25, 0.3) is 0 Å². The highest BCUT2D eigenvalue weighted by atomic mass is 79.9. The van der Waals surface area contributed by atoms with Gasteiger partial charge in [0, 0.05) is 24.6 Å². The summed E-state index contributed by atoms with van der Waals surface area (Å²) in [6.07, 6.45) is 2.98. The Bertz CT molecular complexity index is 935. The van der Waals surface area contributed by atoms with Crippen molar-refractivity contribution in [2.24, 2.45) is 11.0 Å². The van der Waals surface area contributed by atoms with Crippen molar-refractivity contribution in [2.75, 3.05) is 13.1 Å². The van der Waals surface area contributed by atoms with E-state index in [0.717, 1.165) is 37.1 Å². The lowest BCUT2D eigenvalue weighted by Gasteiger charge is -2.30. The van der Waals surface area contributed by atoms with E-state index in [1.807, 2.05) is 0 Å². The maximum absolute atomic E-state index is 12.4. The van der Waals surface area contributed by atoms with Crippen LogP contribution in [-0.4, -0.2) is 40.1 Å². The molecule has 1 amide bonds. The predicted molar refractivity (Wildman–Crippen MR) is 120 cm³/mol. The van der Waals surface area contributed by atoms with E-state index in [9.17, 15) is 20.0 Å². The molecule has 1 aliphatic rings. The molecule has 1 saturated heterocycles. The molecule has 8 nitrogen and oxygen atoms in total. The van der Waals surface area contributed by atoms with Crippen LogP contribution in [-0.2, 0) is 11.3 Å². The number of phenolic OH excluding ortho intramolecular Hbond substituents is 1. The van der Waals surface area contributed by atoms with Crippen molar-refractivity contribution in [3.8, 4) is 5.75 Å². The number of aromatic hydroxyl groups is 1. The smallest absolute Gasteiger partial charge is 0.269 e. The molecule has 1 heterocycles. The first-order valence-corrected chi connectivity index (χ1v) is 10.9. The van der Waals surface area contributed by atoms with Gasteiger partial charge in [-0.15, -0.1) is 0 Å². The average molecular weight is 540 g/mol. The van der Waals surface area contributed by atoms with Crippen molar-refractivity contribution in [2.45, 2.75) is 19.4 Å². The second-order valence-electron chi connectivity index (χ2n) is 7.04. The van der Waals surface area contributed by atoms with Gasteiger partial charge in [0.05, 0.1) is 20.1 Å². The Hall–Kier alpha value is -2.30. The van der Waals surface area contributed by atoms with Gasteiger partial charge >= 0.3 is 0 Å². The number of halogens is 2. The highest BCUT2D eigenvalue weighted by Gasteiger charge is 2.24. The fourth-order valence-electron chi connectivity index (χ4n) is 3.26. The lowest BCUT2D eigenvalue weighted by Crippen LogP contribution is -2.39. The fraction of sp³-hybridized carbons (Fsp3) is 0.300. The first kappa shape index (κ1) is 22.4. The Morgan fingerprint density at radius 2 is 1.83 bits per heavy atom. The summed E-state index contributed by atoms with van der Waals surface area (Å²) in [5.41, 5.74) is 4.42. The third kappa shape index (κ3) is 5.87. The summed E-state index contributed by atoms with van der Waals surface area (Å²) >= 11 is 6.51. The molecule has 0 saturated carbocycles. The van der Waals surface area contributed by atoms with E-state index in [4.69, 9.17) is 0 Å². The van der Waals surface area contributed by atoms with Crippen LogP contribution in [0.4, 0.5) is 5.69 Å². The number of nitrogens with zero attached hydrogens (tertiary/aromatic N) is 3. The number of non-ortho nitro benzene ring substituents is 1. The first-order valence-electron chi connectivity index (χ1n) is 9.30. The summed E-state index contributed by atoms with van der Waals surface area (Å²) in [4.78, 5) is 24.9. The molecule has 10 heteroatoms. The standard InChI is InChI=1S/C20H20Br2N4O4/c21-17-9-14(10-18(22)19(17)27)11-23-24-20(28)15-5-7-25(8-6-15)12-13-1-3-16(4-2-13)26(29)30/h1-4,9-11,15,27H,5-8,12H2,(H,24,28). The van der Waals surface area contributed by atoms with Gasteiger partial charge in [-0.25, -0.2) is 5.43 Å². The van der Waals surface area contributed by atoms with E-state index in [0.29, 0.717) is 15.5 Å². The molecule has 1 fully saturated rings. The van der Waals surface area contributed by atoms with E-state index in [1.165, 1.54) is 18.3 Å². The van der Waals surface area contributed by atoms with Gasteiger partial charge in [0.2, 0.25) is 5.91 Å². The van der Waals surface area contributed by atoms with E-state index in [1.54, 1.807) is 24.3 Å². The Kier molecular flexibility index (Phi) is 7.57. The van der Waals surface area contributed by atoms with Gasteiger partial charge < -0.3 is 5.11 Å². The van der Waals surface area contributed by atoms with Crippen LogP contribution >= 0.6 is 31.9 Å². The van der Waals surface area contributed by atoms with Gasteiger partial charge in [0.15, 0.2) is 0 Å². The van der Waals surface area contributed by atoms with Crippen molar-refractivity contribution in [1.29, 1.82) is 0 Å². The van der Waals surface area contributed by atoms with Crippen LogP contribution in [0.2, 0.25) is 0 Å². The molecule has 0 bridgehead atoms. The number of carbonyl (C=O) groups excluding carboxylic acids is 1. The topological polar surface area (TPSA) is 108 Å². The molecule has 1 aliphatic heterocycles. The number of nitro groups is 1. The number of hydrogen-bond donors (Lipinski definition) is 2. The SMILES string of the molecule is O=C(NN=Cc1cc(Br)c(O)c(Br)c1)C1CCN(Cc2ccc([N+](=O)[O-])cc2)CC1. The second-order valence-corrected chi connectivity index (χ2v) is 8.75. The number of hydrogen-bond acceptors (Lipinski definition) is 6. The van der Waals surface area contributed by atoms with Crippen LogP contribution in [0.15, 0.2) is 50.4 Å². The number of amides is 1. The summed E-state index contributed by atoms with van der Waals surface area (Å²) in [5.74, 6) is -0.108. The van der Waals surface area contributed by atoms with Crippen LogP contribution in [0.3, 0.4) is 0 Å². The molecule has 0 radical (unpaired) electrons. The zero-order valence-corrected chi connectivity index (χ0v) is 19.1. The van der Waals surface area contributed by atoms with E-state index < -0.39 is 4.92 Å². The summed E-state index contributed by atoms with van der Waals surface area (Å²) < 4.78 is 1.06. The third-order valence-electron chi connectivity index (χ3n) is 4.94. The first-order chi connectivity index (χ1) is 14.3. The molecule has 0 atom stereocenters. The van der Waals surface area contributed by atoms with Crippen molar-refractivity contribution in [3.63, 3.8) is 0 Å². The Labute approximate surface area is 190 Å². The molecule has 0 spiro atoms. The summed E-state index contributed by atoms with van der Waals surface area (Å²) in [5, 5.41) is 24.5. The molecular weight excluding hydrogens is 520 g/mol. The molecule has 2 aromatic rings. The number of piperidine rings is 1. The van der Waals surface area contributed by atoms with Crippen molar-refractivity contribution >= 4 is 49.7 Å². The van der Waals surface area contributed by atoms with Crippen molar-refractivity contribution in [3.05, 3.63) is 66.6 Å². The normalized spacial score (nSPS) is 15.4. The molecule has 3 rings (SSSR count). The minimum atomic E-state index is -0.407. The van der Waals surface area contributed by atoms with Crippen LogP contribution < -0.4 is 5.43 Å². The summed E-state index contributed by atoms with van der Waals surface area (Å²) in [7, 11) is 0. The number of nitrogens with one attached hydrogen (secondary N) is 1. The zero-order chi connectivity index (χ0) is 21.7. The molecule has 0 aliphatic carbocycles. The van der Waals surface area contributed by atoms with Crippen LogP contribution in [0.1, 0.15) is 24.0 Å². The zero-order valence-electron chi connectivity index (χ0n) is 15.9. The molecule has 2 N–H and O–H groups in total. The minimum Gasteiger partial charge on any atom is -0.506 e. The highest BCUT2D eigenvalue weighted by Crippen LogP contribution is 2.32. The van der Waals surface area contributed by atoms with Gasteiger partial charge in [-0.2, -0.15) is 5.10 Å². The van der Waals surface area contributed by atoms with Gasteiger partial charge in [-0.3, -0.25) is 19.8 Å². The molecule has 0 unspecified atom stereocenters. The monoisotopic (exact) mass is 538 g/mol. The number of carbonyl (C=O) groups is 1. The third-order valence-corrected chi connectivity index (χ3v) is 6.15. The number of benzene rings is 2. The van der Waals surface area contributed by atoms with E-state index in [-0.39, 0.29) is 23.3 Å². The molecule has 0 aromatic heterocycles. The highest BCUT2D eigenvalue weighted by molar-refractivity contribution is 9.11. The largest absolute Gasteiger partial charge is 0.506 e. The van der Waals surface area contributed by atoms with Gasteiger partial charge in [0.1, 0.15) is 5.75 Å². The van der Waals surface area contributed by atoms with Crippen molar-refractivity contribution < 1.29 is 14.8 Å². The van der Waals surface area contributed by atoms with Gasteiger partial charge in [-0.05, 0) is 81.1 Å². The Balaban J connectivity index is 1.46.